The molecule has 0 aromatic heterocycles. The Balaban J connectivity index is 0.00000324. The third kappa shape index (κ3) is 5.72. The summed E-state index contributed by atoms with van der Waals surface area (Å²) in [6, 6.07) is 6.89. The second kappa shape index (κ2) is 7.11. The monoisotopic (exact) mass is 285 g/mol. The minimum Gasteiger partial charge on any atom is -0.326 e. The van der Waals surface area contributed by atoms with Gasteiger partial charge in [0.05, 0.1) is 5.54 Å². The minimum absolute atomic E-state index is 0. The summed E-state index contributed by atoms with van der Waals surface area (Å²) in [7, 11) is 0. The van der Waals surface area contributed by atoms with E-state index in [4.69, 9.17) is 5.73 Å². The maximum Gasteiger partial charge on any atom is 0.243 e. The van der Waals surface area contributed by atoms with E-state index in [-0.39, 0.29) is 24.2 Å². The molecule has 0 radical (unpaired) electrons. The standard InChI is InChI=1S/C13H19N3O2.ClH/c1-4-11(17)15-9-5-7-10(8-6-9)16-12(18)13(2,3)14;/h5-8H,4,14H2,1-3H3,(H,15,17)(H,16,18);1H. The quantitative estimate of drug-likeness (QED) is 0.792. The molecule has 0 saturated heterocycles. The molecule has 0 atom stereocenters. The lowest BCUT2D eigenvalue weighted by Gasteiger charge is -2.17. The van der Waals surface area contributed by atoms with E-state index in [1.807, 2.05) is 0 Å². The Bertz CT molecular complexity index is 438. The predicted molar refractivity (Wildman–Crippen MR) is 79.5 cm³/mol. The van der Waals surface area contributed by atoms with Gasteiger partial charge in [-0.25, -0.2) is 0 Å². The molecule has 0 bridgehead atoms. The van der Waals surface area contributed by atoms with Crippen LogP contribution in [0.3, 0.4) is 0 Å². The highest BCUT2D eigenvalue weighted by Gasteiger charge is 2.21. The Labute approximate surface area is 119 Å². The first-order chi connectivity index (χ1) is 8.32. The number of amides is 2. The van der Waals surface area contributed by atoms with E-state index in [2.05, 4.69) is 10.6 Å². The molecular weight excluding hydrogens is 266 g/mol. The van der Waals surface area contributed by atoms with Gasteiger partial charge in [0.15, 0.2) is 0 Å². The van der Waals surface area contributed by atoms with Crippen molar-refractivity contribution < 1.29 is 9.59 Å². The van der Waals surface area contributed by atoms with Gasteiger partial charge in [-0.3, -0.25) is 9.59 Å². The molecule has 0 aliphatic rings. The first kappa shape index (κ1) is 17.4. The maximum absolute atomic E-state index is 11.6. The van der Waals surface area contributed by atoms with Crippen LogP contribution in [0.1, 0.15) is 27.2 Å². The van der Waals surface area contributed by atoms with Gasteiger partial charge < -0.3 is 16.4 Å². The Morgan fingerprint density at radius 1 is 1.11 bits per heavy atom. The molecule has 1 rings (SSSR count). The van der Waals surface area contributed by atoms with E-state index < -0.39 is 5.54 Å². The van der Waals surface area contributed by atoms with Crippen molar-refractivity contribution in [2.24, 2.45) is 5.73 Å². The molecule has 6 heteroatoms. The van der Waals surface area contributed by atoms with Gasteiger partial charge in [-0.05, 0) is 38.1 Å². The van der Waals surface area contributed by atoms with Gasteiger partial charge in [0.2, 0.25) is 11.8 Å². The second-order valence-corrected chi connectivity index (χ2v) is 4.65. The molecule has 0 aliphatic heterocycles. The van der Waals surface area contributed by atoms with Crippen molar-refractivity contribution in [3.8, 4) is 0 Å². The molecular formula is C13H20ClN3O2. The van der Waals surface area contributed by atoms with Crippen molar-refractivity contribution in [2.75, 3.05) is 10.6 Å². The SMILES string of the molecule is CCC(=O)Nc1ccc(NC(=O)C(C)(C)N)cc1.Cl. The number of nitrogens with one attached hydrogen (secondary N) is 2. The van der Waals surface area contributed by atoms with Gasteiger partial charge in [0.1, 0.15) is 0 Å². The number of rotatable bonds is 4. The molecule has 0 heterocycles. The topological polar surface area (TPSA) is 84.2 Å². The number of hydrogen-bond donors (Lipinski definition) is 3. The highest BCUT2D eigenvalue weighted by Crippen LogP contribution is 2.14. The van der Waals surface area contributed by atoms with E-state index in [0.29, 0.717) is 17.8 Å². The highest BCUT2D eigenvalue weighted by atomic mass is 35.5. The van der Waals surface area contributed by atoms with E-state index in [9.17, 15) is 9.59 Å². The summed E-state index contributed by atoms with van der Waals surface area (Å²) in [5, 5.41) is 5.43. The number of nitrogens with two attached hydrogens (primary N) is 1. The fraction of sp³-hybridized carbons (Fsp3) is 0.385. The maximum atomic E-state index is 11.6. The Morgan fingerprint density at radius 3 is 1.89 bits per heavy atom. The molecule has 1 aromatic rings. The molecule has 5 nitrogen and oxygen atoms in total. The zero-order valence-electron chi connectivity index (χ0n) is 11.3. The number of benzene rings is 1. The normalized spacial score (nSPS) is 10.3. The summed E-state index contributed by atoms with van der Waals surface area (Å²) >= 11 is 0. The smallest absolute Gasteiger partial charge is 0.243 e. The molecule has 0 spiro atoms. The molecule has 0 aliphatic carbocycles. The van der Waals surface area contributed by atoms with Gasteiger partial charge in [0.25, 0.3) is 0 Å². The van der Waals surface area contributed by atoms with Crippen molar-refractivity contribution in [3.63, 3.8) is 0 Å². The fourth-order valence-electron chi connectivity index (χ4n) is 1.18. The molecule has 1 aromatic carbocycles. The second-order valence-electron chi connectivity index (χ2n) is 4.65. The largest absolute Gasteiger partial charge is 0.326 e. The molecule has 0 fully saturated rings. The Hall–Kier alpha value is -1.59. The lowest BCUT2D eigenvalue weighted by atomic mass is 10.1. The van der Waals surface area contributed by atoms with Crippen LogP contribution in [0.5, 0.6) is 0 Å². The lowest BCUT2D eigenvalue weighted by molar-refractivity contribution is -0.120. The van der Waals surface area contributed by atoms with Gasteiger partial charge in [0, 0.05) is 17.8 Å². The first-order valence-corrected chi connectivity index (χ1v) is 5.83. The van der Waals surface area contributed by atoms with Crippen LogP contribution in [-0.2, 0) is 9.59 Å². The fourth-order valence-corrected chi connectivity index (χ4v) is 1.18. The van der Waals surface area contributed by atoms with Crippen molar-refractivity contribution in [2.45, 2.75) is 32.7 Å². The predicted octanol–water partition coefficient (Wildman–Crippen LogP) is 2.13. The van der Waals surface area contributed by atoms with Crippen LogP contribution in [0.2, 0.25) is 0 Å². The summed E-state index contributed by atoms with van der Waals surface area (Å²) in [4.78, 5) is 22.8. The van der Waals surface area contributed by atoms with Crippen LogP contribution >= 0.6 is 12.4 Å². The van der Waals surface area contributed by atoms with Crippen LogP contribution in [0, 0.1) is 0 Å². The van der Waals surface area contributed by atoms with E-state index in [1.54, 1.807) is 45.0 Å². The third-order valence-corrected chi connectivity index (χ3v) is 2.33. The summed E-state index contributed by atoms with van der Waals surface area (Å²) < 4.78 is 0. The Morgan fingerprint density at radius 2 is 1.53 bits per heavy atom. The van der Waals surface area contributed by atoms with Gasteiger partial charge in [-0.15, -0.1) is 12.4 Å². The van der Waals surface area contributed by atoms with Crippen LogP contribution in [0.25, 0.3) is 0 Å². The molecule has 106 valence electrons. The van der Waals surface area contributed by atoms with Gasteiger partial charge >= 0.3 is 0 Å². The van der Waals surface area contributed by atoms with Crippen molar-refractivity contribution in [3.05, 3.63) is 24.3 Å². The number of carbonyl (C=O) groups excluding carboxylic acids is 2. The molecule has 0 unspecified atom stereocenters. The van der Waals surface area contributed by atoms with Crippen molar-refractivity contribution in [1.82, 2.24) is 0 Å². The molecule has 4 N–H and O–H groups in total. The lowest BCUT2D eigenvalue weighted by Crippen LogP contribution is -2.45. The first-order valence-electron chi connectivity index (χ1n) is 5.83. The van der Waals surface area contributed by atoms with Crippen molar-refractivity contribution >= 4 is 35.6 Å². The average molecular weight is 286 g/mol. The summed E-state index contributed by atoms with van der Waals surface area (Å²) in [6.45, 7) is 5.06. The number of hydrogen-bond acceptors (Lipinski definition) is 3. The van der Waals surface area contributed by atoms with Crippen molar-refractivity contribution in [1.29, 1.82) is 0 Å². The molecule has 0 saturated carbocycles. The highest BCUT2D eigenvalue weighted by molar-refractivity contribution is 5.97. The average Bonchev–Trinajstić information content (AvgIpc) is 2.30. The van der Waals surface area contributed by atoms with Crippen LogP contribution in [-0.4, -0.2) is 17.4 Å². The Kier molecular flexibility index (Phi) is 6.52. The van der Waals surface area contributed by atoms with E-state index >= 15 is 0 Å². The summed E-state index contributed by atoms with van der Waals surface area (Å²) in [5.41, 5.74) is 6.10. The summed E-state index contributed by atoms with van der Waals surface area (Å²) in [5.74, 6) is -0.303. The van der Waals surface area contributed by atoms with Gasteiger partial charge in [-0.2, -0.15) is 0 Å². The number of anilines is 2. The third-order valence-electron chi connectivity index (χ3n) is 2.33. The molecule has 19 heavy (non-hydrogen) atoms. The number of carbonyl (C=O) groups is 2. The zero-order valence-corrected chi connectivity index (χ0v) is 12.1. The zero-order chi connectivity index (χ0) is 13.8. The minimum atomic E-state index is -0.922. The summed E-state index contributed by atoms with van der Waals surface area (Å²) in [6.07, 6.45) is 0.430. The van der Waals surface area contributed by atoms with E-state index in [0.717, 1.165) is 0 Å². The van der Waals surface area contributed by atoms with Crippen LogP contribution in [0.4, 0.5) is 11.4 Å². The van der Waals surface area contributed by atoms with E-state index in [1.165, 1.54) is 0 Å². The van der Waals surface area contributed by atoms with Crippen LogP contribution in [0.15, 0.2) is 24.3 Å². The van der Waals surface area contributed by atoms with Crippen LogP contribution < -0.4 is 16.4 Å². The molecule has 2 amide bonds. The van der Waals surface area contributed by atoms with Gasteiger partial charge in [-0.1, -0.05) is 6.92 Å². The number of halogens is 1.